The number of carbonyl (C=O) groups is 1. The summed E-state index contributed by atoms with van der Waals surface area (Å²) in [7, 11) is 0. The number of allylic oxidation sites excluding steroid dienone is 1. The van der Waals surface area contributed by atoms with Crippen molar-refractivity contribution < 1.29 is 9.21 Å². The van der Waals surface area contributed by atoms with E-state index in [4.69, 9.17) is 4.42 Å². The zero-order valence-corrected chi connectivity index (χ0v) is 11.7. The monoisotopic (exact) mass is 272 g/mol. The molecule has 0 saturated heterocycles. The van der Waals surface area contributed by atoms with Gasteiger partial charge in [-0.05, 0) is 32.9 Å². The van der Waals surface area contributed by atoms with Gasteiger partial charge >= 0.3 is 0 Å². The Labute approximate surface area is 116 Å². The van der Waals surface area contributed by atoms with Gasteiger partial charge < -0.3 is 4.42 Å². The van der Waals surface area contributed by atoms with Gasteiger partial charge in [0, 0.05) is 30.4 Å². The Balaban J connectivity index is 2.24. The standard InChI is InChI=1S/C15H16N2O3/c1-4-17-9-12(11(3)16-17)5-6-14(19)15-8-13(18)7-10(2)20-15/h5-9H,4H2,1-3H3. The van der Waals surface area contributed by atoms with E-state index in [1.807, 2.05) is 20.0 Å². The third kappa shape index (κ3) is 3.12. The van der Waals surface area contributed by atoms with Crippen LogP contribution in [0.2, 0.25) is 0 Å². The zero-order valence-electron chi connectivity index (χ0n) is 11.7. The number of rotatable bonds is 4. The van der Waals surface area contributed by atoms with Gasteiger partial charge in [-0.3, -0.25) is 14.3 Å². The molecule has 2 aromatic heterocycles. The second-order valence-electron chi connectivity index (χ2n) is 4.49. The predicted octanol–water partition coefficient (Wildman–Crippen LogP) is 2.37. The molecule has 2 rings (SSSR count). The minimum atomic E-state index is -0.338. The largest absolute Gasteiger partial charge is 0.458 e. The van der Waals surface area contributed by atoms with Gasteiger partial charge in [-0.2, -0.15) is 5.10 Å². The molecule has 0 aromatic carbocycles. The van der Waals surface area contributed by atoms with Crippen LogP contribution in [0.1, 0.15) is 34.5 Å². The van der Waals surface area contributed by atoms with Crippen molar-refractivity contribution in [2.75, 3.05) is 0 Å². The quantitative estimate of drug-likeness (QED) is 0.633. The van der Waals surface area contributed by atoms with E-state index in [0.29, 0.717) is 5.76 Å². The average molecular weight is 272 g/mol. The van der Waals surface area contributed by atoms with Crippen LogP contribution in [-0.4, -0.2) is 15.6 Å². The van der Waals surface area contributed by atoms with Crippen LogP contribution in [0.3, 0.4) is 0 Å². The van der Waals surface area contributed by atoms with Crippen molar-refractivity contribution in [1.82, 2.24) is 9.78 Å². The maximum Gasteiger partial charge on any atom is 0.221 e. The molecule has 0 saturated carbocycles. The van der Waals surface area contributed by atoms with Crippen LogP contribution in [0.15, 0.2) is 33.6 Å². The fourth-order valence-corrected chi connectivity index (χ4v) is 1.83. The number of nitrogens with zero attached hydrogens (tertiary/aromatic N) is 2. The third-order valence-corrected chi connectivity index (χ3v) is 2.86. The number of ketones is 1. The Morgan fingerprint density at radius 3 is 2.75 bits per heavy atom. The molecule has 20 heavy (non-hydrogen) atoms. The van der Waals surface area contributed by atoms with Crippen molar-refractivity contribution in [3.63, 3.8) is 0 Å². The van der Waals surface area contributed by atoms with Gasteiger partial charge in [0.25, 0.3) is 0 Å². The maximum atomic E-state index is 12.0. The summed E-state index contributed by atoms with van der Waals surface area (Å²) >= 11 is 0. The fraction of sp³-hybridized carbons (Fsp3) is 0.267. The lowest BCUT2D eigenvalue weighted by Gasteiger charge is -1.96. The highest BCUT2D eigenvalue weighted by Gasteiger charge is 2.07. The molecule has 0 N–H and O–H groups in total. The summed E-state index contributed by atoms with van der Waals surface area (Å²) in [5.74, 6) is 0.130. The molecule has 0 radical (unpaired) electrons. The number of hydrogen-bond donors (Lipinski definition) is 0. The Morgan fingerprint density at radius 1 is 1.40 bits per heavy atom. The van der Waals surface area contributed by atoms with Gasteiger partial charge in [-0.1, -0.05) is 0 Å². The van der Waals surface area contributed by atoms with E-state index < -0.39 is 0 Å². The molecule has 5 nitrogen and oxygen atoms in total. The van der Waals surface area contributed by atoms with Gasteiger partial charge in [0.05, 0.1) is 5.69 Å². The Kier molecular flexibility index (Phi) is 3.98. The summed E-state index contributed by atoms with van der Waals surface area (Å²) in [6.45, 7) is 6.28. The van der Waals surface area contributed by atoms with Crippen LogP contribution in [0, 0.1) is 13.8 Å². The highest BCUT2D eigenvalue weighted by molar-refractivity contribution is 6.04. The number of aryl methyl sites for hydroxylation is 3. The van der Waals surface area contributed by atoms with Crippen molar-refractivity contribution in [1.29, 1.82) is 0 Å². The predicted molar refractivity (Wildman–Crippen MR) is 75.7 cm³/mol. The summed E-state index contributed by atoms with van der Waals surface area (Å²) in [4.78, 5) is 23.3. The highest BCUT2D eigenvalue weighted by atomic mass is 16.3. The van der Waals surface area contributed by atoms with Crippen LogP contribution >= 0.6 is 0 Å². The first-order chi connectivity index (χ1) is 9.49. The summed E-state index contributed by atoms with van der Waals surface area (Å²) in [5, 5.41) is 4.29. The van der Waals surface area contributed by atoms with E-state index in [2.05, 4.69) is 5.10 Å². The van der Waals surface area contributed by atoms with Crippen molar-refractivity contribution >= 4 is 11.9 Å². The van der Waals surface area contributed by atoms with Crippen LogP contribution in [0.5, 0.6) is 0 Å². The van der Waals surface area contributed by atoms with Crippen LogP contribution in [0.25, 0.3) is 6.08 Å². The fourth-order valence-electron chi connectivity index (χ4n) is 1.83. The number of aromatic nitrogens is 2. The SMILES string of the molecule is CCn1cc(C=CC(=O)c2cc(=O)cc(C)o2)c(C)n1. The van der Waals surface area contributed by atoms with Crippen LogP contribution in [-0.2, 0) is 6.54 Å². The molecule has 0 amide bonds. The Bertz CT molecular complexity index is 723. The summed E-state index contributed by atoms with van der Waals surface area (Å²) in [6, 6.07) is 2.54. The van der Waals surface area contributed by atoms with Gasteiger partial charge in [-0.15, -0.1) is 0 Å². The topological polar surface area (TPSA) is 65.1 Å². The van der Waals surface area contributed by atoms with Crippen molar-refractivity contribution in [2.45, 2.75) is 27.3 Å². The second-order valence-corrected chi connectivity index (χ2v) is 4.49. The molecule has 0 aliphatic rings. The van der Waals surface area contributed by atoms with Crippen LogP contribution in [0.4, 0.5) is 0 Å². The molecular weight excluding hydrogens is 256 g/mol. The van der Waals surface area contributed by atoms with E-state index >= 15 is 0 Å². The molecule has 2 heterocycles. The van der Waals surface area contributed by atoms with Crippen LogP contribution < -0.4 is 5.43 Å². The number of carbonyl (C=O) groups excluding carboxylic acids is 1. The van der Waals surface area contributed by atoms with E-state index in [-0.39, 0.29) is 17.0 Å². The van der Waals surface area contributed by atoms with E-state index in [0.717, 1.165) is 17.8 Å². The minimum Gasteiger partial charge on any atom is -0.458 e. The molecule has 0 aliphatic heterocycles. The average Bonchev–Trinajstić information content (AvgIpc) is 2.75. The summed E-state index contributed by atoms with van der Waals surface area (Å²) in [6.07, 6.45) is 4.94. The lowest BCUT2D eigenvalue weighted by atomic mass is 10.2. The Morgan fingerprint density at radius 2 is 2.15 bits per heavy atom. The first-order valence-corrected chi connectivity index (χ1v) is 6.38. The van der Waals surface area contributed by atoms with Crippen molar-refractivity contribution in [2.24, 2.45) is 0 Å². The molecule has 0 atom stereocenters. The van der Waals surface area contributed by atoms with E-state index in [1.165, 1.54) is 18.2 Å². The summed E-state index contributed by atoms with van der Waals surface area (Å²) < 4.78 is 7.04. The molecular formula is C15H16N2O3. The van der Waals surface area contributed by atoms with Crippen molar-refractivity contribution in [3.05, 3.63) is 57.4 Å². The second kappa shape index (κ2) is 5.69. The van der Waals surface area contributed by atoms with E-state index in [1.54, 1.807) is 17.7 Å². The van der Waals surface area contributed by atoms with Gasteiger partial charge in [0.2, 0.25) is 5.78 Å². The molecule has 0 spiro atoms. The van der Waals surface area contributed by atoms with Crippen molar-refractivity contribution in [3.8, 4) is 0 Å². The van der Waals surface area contributed by atoms with Gasteiger partial charge in [0.1, 0.15) is 5.76 Å². The minimum absolute atomic E-state index is 0.0480. The molecule has 0 bridgehead atoms. The molecule has 2 aromatic rings. The third-order valence-electron chi connectivity index (χ3n) is 2.86. The first kappa shape index (κ1) is 14.0. The maximum absolute atomic E-state index is 12.0. The molecule has 5 heteroatoms. The van der Waals surface area contributed by atoms with Gasteiger partial charge in [0.15, 0.2) is 11.2 Å². The molecule has 104 valence electrons. The van der Waals surface area contributed by atoms with E-state index in [9.17, 15) is 9.59 Å². The number of hydrogen-bond acceptors (Lipinski definition) is 4. The van der Waals surface area contributed by atoms with Gasteiger partial charge in [-0.25, -0.2) is 0 Å². The zero-order chi connectivity index (χ0) is 14.7. The lowest BCUT2D eigenvalue weighted by molar-refractivity contribution is 0.101. The smallest absolute Gasteiger partial charge is 0.221 e. The molecule has 0 fully saturated rings. The normalized spacial score (nSPS) is 11.2. The highest BCUT2D eigenvalue weighted by Crippen LogP contribution is 2.09. The molecule has 0 aliphatic carbocycles. The molecule has 0 unspecified atom stereocenters. The lowest BCUT2D eigenvalue weighted by Crippen LogP contribution is -2.04. The summed E-state index contributed by atoms with van der Waals surface area (Å²) in [5.41, 5.74) is 1.48. The Hall–Kier alpha value is -2.43. The first-order valence-electron chi connectivity index (χ1n) is 6.38.